The quantitative estimate of drug-likeness (QED) is 0.777. The second-order valence-electron chi connectivity index (χ2n) is 5.05. The molecule has 0 aromatic carbocycles. The Balaban J connectivity index is 1.89. The minimum Gasteiger partial charge on any atom is -0.481 e. The number of aliphatic carboxylic acids is 1. The Kier molecular flexibility index (Phi) is 3.29. The molecule has 2 fully saturated rings. The molecular weight excluding hydrogens is 190 g/mol. The Hall–Kier alpha value is -0.570. The van der Waals surface area contributed by atoms with Crippen LogP contribution in [0.15, 0.2) is 0 Å². The van der Waals surface area contributed by atoms with Crippen molar-refractivity contribution in [1.29, 1.82) is 0 Å². The molecule has 0 amide bonds. The van der Waals surface area contributed by atoms with Crippen LogP contribution in [-0.2, 0) is 4.79 Å². The summed E-state index contributed by atoms with van der Waals surface area (Å²) >= 11 is 0. The fourth-order valence-corrected chi connectivity index (χ4v) is 3.02. The maximum atomic E-state index is 11.0. The summed E-state index contributed by atoms with van der Waals surface area (Å²) < 4.78 is 0. The first kappa shape index (κ1) is 10.9. The lowest BCUT2D eigenvalue weighted by molar-refractivity contribution is -0.149. The van der Waals surface area contributed by atoms with E-state index >= 15 is 0 Å². The van der Waals surface area contributed by atoms with Crippen molar-refractivity contribution < 1.29 is 9.90 Å². The van der Waals surface area contributed by atoms with Gasteiger partial charge in [0.25, 0.3) is 0 Å². The van der Waals surface area contributed by atoms with Gasteiger partial charge in [-0.2, -0.15) is 0 Å². The van der Waals surface area contributed by atoms with Crippen LogP contribution in [0.25, 0.3) is 0 Å². The smallest absolute Gasteiger partial charge is 0.308 e. The number of nitrogens with zero attached hydrogens (tertiary/aromatic N) is 1. The zero-order chi connectivity index (χ0) is 10.8. The molecule has 2 saturated carbocycles. The molecule has 3 nitrogen and oxygen atoms in total. The fraction of sp³-hybridized carbons (Fsp3) is 0.917. The van der Waals surface area contributed by atoms with Gasteiger partial charge in [-0.3, -0.25) is 9.69 Å². The average Bonchev–Trinajstić information content (AvgIpc) is 2.16. The first-order valence-electron chi connectivity index (χ1n) is 6.15. The van der Waals surface area contributed by atoms with Gasteiger partial charge in [-0.25, -0.2) is 0 Å². The highest BCUT2D eigenvalue weighted by Crippen LogP contribution is 2.35. The highest BCUT2D eigenvalue weighted by atomic mass is 16.4. The number of hydrogen-bond acceptors (Lipinski definition) is 2. The third kappa shape index (κ3) is 2.17. The van der Waals surface area contributed by atoms with Gasteiger partial charge in [0.1, 0.15) is 0 Å². The molecule has 0 bridgehead atoms. The predicted octanol–water partition coefficient (Wildman–Crippen LogP) is 2.11. The number of hydrogen-bond donors (Lipinski definition) is 1. The van der Waals surface area contributed by atoms with E-state index in [0.29, 0.717) is 12.1 Å². The number of rotatable bonds is 3. The van der Waals surface area contributed by atoms with E-state index in [1.54, 1.807) is 0 Å². The molecule has 0 heterocycles. The van der Waals surface area contributed by atoms with E-state index in [0.717, 1.165) is 12.8 Å². The molecule has 15 heavy (non-hydrogen) atoms. The summed E-state index contributed by atoms with van der Waals surface area (Å²) in [6.07, 6.45) is 8.47. The molecule has 0 radical (unpaired) electrons. The number of carbonyl (C=O) groups is 1. The molecule has 0 spiro atoms. The Morgan fingerprint density at radius 2 is 1.80 bits per heavy atom. The van der Waals surface area contributed by atoms with Gasteiger partial charge in [0, 0.05) is 12.1 Å². The third-order valence-electron chi connectivity index (χ3n) is 4.23. The normalized spacial score (nSPS) is 32.7. The van der Waals surface area contributed by atoms with Crippen molar-refractivity contribution in [3.63, 3.8) is 0 Å². The van der Waals surface area contributed by atoms with Gasteiger partial charge in [0.15, 0.2) is 0 Å². The van der Waals surface area contributed by atoms with Crippen molar-refractivity contribution >= 4 is 5.97 Å². The molecule has 2 unspecified atom stereocenters. The molecular formula is C12H21NO2. The Morgan fingerprint density at radius 1 is 1.13 bits per heavy atom. The maximum Gasteiger partial charge on any atom is 0.308 e. The maximum absolute atomic E-state index is 11.0. The molecule has 2 rings (SSSR count). The summed E-state index contributed by atoms with van der Waals surface area (Å²) in [4.78, 5) is 13.3. The predicted molar refractivity (Wildman–Crippen MR) is 58.8 cm³/mol. The van der Waals surface area contributed by atoms with Crippen LogP contribution in [0.2, 0.25) is 0 Å². The molecule has 2 atom stereocenters. The highest BCUT2D eigenvalue weighted by Gasteiger charge is 2.41. The van der Waals surface area contributed by atoms with Crippen LogP contribution in [0.4, 0.5) is 0 Å². The minimum absolute atomic E-state index is 0.100. The van der Waals surface area contributed by atoms with E-state index in [9.17, 15) is 4.79 Å². The molecule has 2 aliphatic carbocycles. The minimum atomic E-state index is -0.603. The molecule has 0 aromatic heterocycles. The van der Waals surface area contributed by atoms with E-state index in [-0.39, 0.29) is 5.92 Å². The zero-order valence-corrected chi connectivity index (χ0v) is 9.48. The standard InChI is InChI=1S/C12H21NO2/c1-13(9-5-3-2-4-6-9)11-8-7-10(11)12(14)15/h9-11H,2-8H2,1H3,(H,14,15). The lowest BCUT2D eigenvalue weighted by Gasteiger charge is -2.45. The molecule has 1 N–H and O–H groups in total. The molecule has 86 valence electrons. The molecule has 0 aromatic rings. The van der Waals surface area contributed by atoms with Gasteiger partial charge < -0.3 is 5.11 Å². The second kappa shape index (κ2) is 4.52. The fourth-order valence-electron chi connectivity index (χ4n) is 3.02. The van der Waals surface area contributed by atoms with Crippen molar-refractivity contribution in [2.45, 2.75) is 57.0 Å². The summed E-state index contributed by atoms with van der Waals surface area (Å²) in [7, 11) is 2.12. The van der Waals surface area contributed by atoms with Gasteiger partial charge in [-0.05, 0) is 32.7 Å². The van der Waals surface area contributed by atoms with Crippen LogP contribution < -0.4 is 0 Å². The van der Waals surface area contributed by atoms with E-state index in [2.05, 4.69) is 11.9 Å². The van der Waals surface area contributed by atoms with Gasteiger partial charge >= 0.3 is 5.97 Å². The molecule has 2 aliphatic rings. The van der Waals surface area contributed by atoms with E-state index in [4.69, 9.17) is 5.11 Å². The summed E-state index contributed by atoms with van der Waals surface area (Å²) in [6, 6.07) is 0.955. The van der Waals surface area contributed by atoms with Crippen molar-refractivity contribution in [1.82, 2.24) is 4.90 Å². The summed E-state index contributed by atoms with van der Waals surface area (Å²) in [6.45, 7) is 0. The Labute approximate surface area is 91.5 Å². The molecule has 0 saturated heterocycles. The van der Waals surface area contributed by atoms with Crippen molar-refractivity contribution in [3.05, 3.63) is 0 Å². The summed E-state index contributed by atoms with van der Waals surface area (Å²) in [5.74, 6) is -0.703. The van der Waals surface area contributed by atoms with Crippen molar-refractivity contribution in [2.75, 3.05) is 7.05 Å². The lowest BCUT2D eigenvalue weighted by atomic mass is 9.77. The van der Waals surface area contributed by atoms with Crippen LogP contribution in [-0.4, -0.2) is 35.1 Å². The summed E-state index contributed by atoms with van der Waals surface area (Å²) in [5.41, 5.74) is 0. The first-order valence-corrected chi connectivity index (χ1v) is 6.15. The van der Waals surface area contributed by atoms with E-state index in [1.165, 1.54) is 32.1 Å². The van der Waals surface area contributed by atoms with Crippen molar-refractivity contribution in [2.24, 2.45) is 5.92 Å². The van der Waals surface area contributed by atoms with Gasteiger partial charge in [-0.15, -0.1) is 0 Å². The molecule has 0 aliphatic heterocycles. The highest BCUT2D eigenvalue weighted by molar-refractivity contribution is 5.72. The third-order valence-corrected chi connectivity index (χ3v) is 4.23. The zero-order valence-electron chi connectivity index (χ0n) is 9.48. The largest absolute Gasteiger partial charge is 0.481 e. The SMILES string of the molecule is CN(C1CCCCC1)C1CCC1C(=O)O. The van der Waals surface area contributed by atoms with Crippen LogP contribution in [0.3, 0.4) is 0 Å². The topological polar surface area (TPSA) is 40.5 Å². The first-order chi connectivity index (χ1) is 7.20. The molecule has 3 heteroatoms. The second-order valence-corrected chi connectivity index (χ2v) is 5.05. The average molecular weight is 211 g/mol. The van der Waals surface area contributed by atoms with Crippen molar-refractivity contribution in [3.8, 4) is 0 Å². The van der Waals surface area contributed by atoms with E-state index < -0.39 is 5.97 Å². The van der Waals surface area contributed by atoms with E-state index in [1.807, 2.05) is 0 Å². The monoisotopic (exact) mass is 211 g/mol. The summed E-state index contributed by atoms with van der Waals surface area (Å²) in [5, 5.41) is 9.02. The lowest BCUT2D eigenvalue weighted by Crippen LogP contribution is -2.52. The number of carboxylic acids is 1. The van der Waals surface area contributed by atoms with Crippen LogP contribution in [0.1, 0.15) is 44.9 Å². The van der Waals surface area contributed by atoms with Gasteiger partial charge in [0.05, 0.1) is 5.92 Å². The van der Waals surface area contributed by atoms with Crippen LogP contribution >= 0.6 is 0 Å². The Morgan fingerprint density at radius 3 is 2.27 bits per heavy atom. The van der Waals surface area contributed by atoms with Gasteiger partial charge in [-0.1, -0.05) is 19.3 Å². The number of carboxylic acid groups (broad SMARTS) is 1. The van der Waals surface area contributed by atoms with Crippen LogP contribution in [0, 0.1) is 5.92 Å². The van der Waals surface area contributed by atoms with Crippen LogP contribution in [0.5, 0.6) is 0 Å². The van der Waals surface area contributed by atoms with Gasteiger partial charge in [0.2, 0.25) is 0 Å². The Bertz CT molecular complexity index is 236.